The van der Waals surface area contributed by atoms with Crippen molar-refractivity contribution in [2.75, 3.05) is 0 Å². The lowest BCUT2D eigenvalue weighted by molar-refractivity contribution is 0.147. The van der Waals surface area contributed by atoms with Crippen LogP contribution < -0.4 is 4.74 Å². The first-order valence-corrected chi connectivity index (χ1v) is 6.97. The SMILES string of the molecule is CC(C)(C)c1cccc(O)c1OC1CCCCC1. The fourth-order valence-corrected chi connectivity index (χ4v) is 2.59. The highest BCUT2D eigenvalue weighted by molar-refractivity contribution is 5.48. The van der Waals surface area contributed by atoms with Crippen LogP contribution in [-0.2, 0) is 5.41 Å². The summed E-state index contributed by atoms with van der Waals surface area (Å²) >= 11 is 0. The number of phenols is 1. The number of hydrogen-bond acceptors (Lipinski definition) is 2. The maximum atomic E-state index is 10.1. The van der Waals surface area contributed by atoms with Crippen molar-refractivity contribution in [3.8, 4) is 11.5 Å². The van der Waals surface area contributed by atoms with E-state index in [4.69, 9.17) is 4.74 Å². The minimum atomic E-state index is -0.0112. The molecule has 0 aromatic heterocycles. The van der Waals surface area contributed by atoms with Crippen LogP contribution in [0.25, 0.3) is 0 Å². The fourth-order valence-electron chi connectivity index (χ4n) is 2.59. The van der Waals surface area contributed by atoms with E-state index < -0.39 is 0 Å². The van der Waals surface area contributed by atoms with Gasteiger partial charge in [0.1, 0.15) is 0 Å². The van der Waals surface area contributed by atoms with Gasteiger partial charge in [-0.05, 0) is 37.2 Å². The van der Waals surface area contributed by atoms with Gasteiger partial charge in [-0.2, -0.15) is 0 Å². The van der Waals surface area contributed by atoms with Crippen molar-refractivity contribution in [2.24, 2.45) is 0 Å². The summed E-state index contributed by atoms with van der Waals surface area (Å²) < 4.78 is 6.09. The van der Waals surface area contributed by atoms with Crippen LogP contribution in [0.1, 0.15) is 58.4 Å². The van der Waals surface area contributed by atoms with Gasteiger partial charge in [-0.3, -0.25) is 0 Å². The number of hydrogen-bond donors (Lipinski definition) is 1. The summed E-state index contributed by atoms with van der Waals surface area (Å²) in [6.45, 7) is 6.44. The Kier molecular flexibility index (Phi) is 3.84. The lowest BCUT2D eigenvalue weighted by atomic mass is 9.86. The van der Waals surface area contributed by atoms with Crippen LogP contribution in [0.4, 0.5) is 0 Å². The minimum Gasteiger partial charge on any atom is -0.504 e. The quantitative estimate of drug-likeness (QED) is 0.840. The average Bonchev–Trinajstić information content (AvgIpc) is 2.32. The lowest BCUT2D eigenvalue weighted by Crippen LogP contribution is -2.22. The maximum Gasteiger partial charge on any atom is 0.165 e. The third kappa shape index (κ3) is 2.98. The van der Waals surface area contributed by atoms with Gasteiger partial charge in [0.05, 0.1) is 6.10 Å². The molecule has 0 bridgehead atoms. The van der Waals surface area contributed by atoms with Crippen molar-refractivity contribution in [1.82, 2.24) is 0 Å². The molecule has 1 aromatic rings. The number of ether oxygens (including phenoxy) is 1. The third-order valence-corrected chi connectivity index (χ3v) is 3.64. The summed E-state index contributed by atoms with van der Waals surface area (Å²) in [6.07, 6.45) is 6.28. The Hall–Kier alpha value is -1.18. The molecule has 1 aromatic carbocycles. The molecule has 100 valence electrons. The highest BCUT2D eigenvalue weighted by Crippen LogP contribution is 2.39. The zero-order valence-electron chi connectivity index (χ0n) is 11.7. The topological polar surface area (TPSA) is 29.5 Å². The Morgan fingerprint density at radius 3 is 2.39 bits per heavy atom. The van der Waals surface area contributed by atoms with Crippen LogP contribution in [0.3, 0.4) is 0 Å². The Balaban J connectivity index is 2.25. The molecule has 0 amide bonds. The standard InChI is InChI=1S/C16H24O2/c1-16(2,3)13-10-7-11-14(17)15(13)18-12-8-5-4-6-9-12/h7,10-12,17H,4-6,8-9H2,1-3H3. The van der Waals surface area contributed by atoms with E-state index in [1.54, 1.807) is 6.07 Å². The van der Waals surface area contributed by atoms with Crippen molar-refractivity contribution < 1.29 is 9.84 Å². The van der Waals surface area contributed by atoms with E-state index in [1.165, 1.54) is 19.3 Å². The normalized spacial score (nSPS) is 17.7. The third-order valence-electron chi connectivity index (χ3n) is 3.64. The minimum absolute atomic E-state index is 0.0112. The van der Waals surface area contributed by atoms with Crippen molar-refractivity contribution in [1.29, 1.82) is 0 Å². The molecule has 1 aliphatic carbocycles. The zero-order valence-corrected chi connectivity index (χ0v) is 11.7. The Bertz CT molecular complexity index is 398. The van der Waals surface area contributed by atoms with Crippen LogP contribution >= 0.6 is 0 Å². The molecule has 1 fully saturated rings. The predicted octanol–water partition coefficient (Wildman–Crippen LogP) is 4.40. The molecule has 2 rings (SSSR count). The number of phenolic OH excluding ortho intramolecular Hbond substituents is 1. The van der Waals surface area contributed by atoms with Gasteiger partial charge in [-0.15, -0.1) is 0 Å². The van der Waals surface area contributed by atoms with Gasteiger partial charge in [0.15, 0.2) is 11.5 Å². The largest absolute Gasteiger partial charge is 0.504 e. The molecule has 0 radical (unpaired) electrons. The molecule has 2 nitrogen and oxygen atoms in total. The van der Waals surface area contributed by atoms with Gasteiger partial charge in [-0.25, -0.2) is 0 Å². The van der Waals surface area contributed by atoms with Crippen molar-refractivity contribution in [3.63, 3.8) is 0 Å². The highest BCUT2D eigenvalue weighted by atomic mass is 16.5. The van der Waals surface area contributed by atoms with Crippen molar-refractivity contribution in [3.05, 3.63) is 23.8 Å². The monoisotopic (exact) mass is 248 g/mol. The van der Waals surface area contributed by atoms with Crippen LogP contribution in [0, 0.1) is 0 Å². The number of aromatic hydroxyl groups is 1. The van der Waals surface area contributed by atoms with Gasteiger partial charge in [-0.1, -0.05) is 39.3 Å². The second kappa shape index (κ2) is 5.21. The van der Waals surface area contributed by atoms with Crippen LogP contribution in [0.15, 0.2) is 18.2 Å². The van der Waals surface area contributed by atoms with Gasteiger partial charge >= 0.3 is 0 Å². The first kappa shape index (κ1) is 13.3. The Labute approximate surface area is 110 Å². The molecule has 18 heavy (non-hydrogen) atoms. The van der Waals surface area contributed by atoms with E-state index in [-0.39, 0.29) is 17.3 Å². The molecule has 0 heterocycles. The number of rotatable bonds is 2. The molecule has 1 N–H and O–H groups in total. The molecule has 0 atom stereocenters. The zero-order chi connectivity index (χ0) is 13.2. The van der Waals surface area contributed by atoms with Gasteiger partial charge in [0.25, 0.3) is 0 Å². The maximum absolute atomic E-state index is 10.1. The summed E-state index contributed by atoms with van der Waals surface area (Å²) in [5.41, 5.74) is 1.08. The number of para-hydroxylation sites is 1. The van der Waals surface area contributed by atoms with E-state index in [0.717, 1.165) is 18.4 Å². The highest BCUT2D eigenvalue weighted by Gasteiger charge is 2.24. The number of benzene rings is 1. The summed E-state index contributed by atoms with van der Waals surface area (Å²) in [5.74, 6) is 0.963. The first-order valence-electron chi connectivity index (χ1n) is 6.97. The van der Waals surface area contributed by atoms with Crippen LogP contribution in [0.5, 0.6) is 11.5 Å². The summed E-state index contributed by atoms with van der Waals surface area (Å²) in [4.78, 5) is 0. The van der Waals surface area contributed by atoms with E-state index in [1.807, 2.05) is 6.07 Å². The van der Waals surface area contributed by atoms with Gasteiger partial charge in [0.2, 0.25) is 0 Å². The molecule has 0 spiro atoms. The van der Waals surface area contributed by atoms with E-state index in [9.17, 15) is 5.11 Å². The summed E-state index contributed by atoms with van der Waals surface area (Å²) in [7, 11) is 0. The molecule has 2 heteroatoms. The van der Waals surface area contributed by atoms with Crippen LogP contribution in [0.2, 0.25) is 0 Å². The predicted molar refractivity (Wildman–Crippen MR) is 74.3 cm³/mol. The molecule has 1 saturated carbocycles. The second-order valence-corrected chi connectivity index (χ2v) is 6.28. The molecule has 0 unspecified atom stereocenters. The van der Waals surface area contributed by atoms with Gasteiger partial charge in [0, 0.05) is 5.56 Å². The van der Waals surface area contributed by atoms with Crippen molar-refractivity contribution >= 4 is 0 Å². The fraction of sp³-hybridized carbons (Fsp3) is 0.625. The molecule has 0 aliphatic heterocycles. The molecular weight excluding hydrogens is 224 g/mol. The lowest BCUT2D eigenvalue weighted by Gasteiger charge is -2.28. The Morgan fingerprint density at radius 1 is 1.11 bits per heavy atom. The Morgan fingerprint density at radius 2 is 1.78 bits per heavy atom. The molecular formula is C16H24O2. The second-order valence-electron chi connectivity index (χ2n) is 6.28. The van der Waals surface area contributed by atoms with Gasteiger partial charge < -0.3 is 9.84 Å². The summed E-state index contributed by atoms with van der Waals surface area (Å²) in [5, 5.41) is 10.1. The van der Waals surface area contributed by atoms with E-state index >= 15 is 0 Å². The van der Waals surface area contributed by atoms with Crippen molar-refractivity contribution in [2.45, 2.75) is 64.4 Å². The van der Waals surface area contributed by atoms with E-state index in [0.29, 0.717) is 5.75 Å². The average molecular weight is 248 g/mol. The molecule has 1 aliphatic rings. The summed E-state index contributed by atoms with van der Waals surface area (Å²) in [6, 6.07) is 5.66. The molecule has 0 saturated heterocycles. The van der Waals surface area contributed by atoms with Crippen LogP contribution in [-0.4, -0.2) is 11.2 Å². The smallest absolute Gasteiger partial charge is 0.165 e. The van der Waals surface area contributed by atoms with E-state index in [2.05, 4.69) is 26.8 Å². The first-order chi connectivity index (χ1) is 8.48.